The van der Waals surface area contributed by atoms with Crippen LogP contribution in [0.15, 0.2) is 103 Å². The zero-order valence-electron chi connectivity index (χ0n) is 18.3. The van der Waals surface area contributed by atoms with Gasteiger partial charge in [-0.25, -0.2) is 4.79 Å². The maximum Gasteiger partial charge on any atom is 0.338 e. The molecule has 33 heavy (non-hydrogen) atoms. The summed E-state index contributed by atoms with van der Waals surface area (Å²) in [7, 11) is 0. The van der Waals surface area contributed by atoms with E-state index in [0.717, 1.165) is 12.0 Å². The molecule has 0 amide bonds. The predicted octanol–water partition coefficient (Wildman–Crippen LogP) is 7.01. The molecule has 0 aromatic heterocycles. The molecule has 0 heterocycles. The Morgan fingerprint density at radius 2 is 1.33 bits per heavy atom. The van der Waals surface area contributed by atoms with E-state index in [9.17, 15) is 4.79 Å². The maximum atomic E-state index is 13.0. The molecule has 1 unspecified atom stereocenters. The normalized spacial score (nSPS) is 15.7. The highest BCUT2D eigenvalue weighted by Gasteiger charge is 2.36. The van der Waals surface area contributed by atoms with Crippen LogP contribution in [0.3, 0.4) is 0 Å². The number of esters is 1. The Kier molecular flexibility index (Phi) is 4.92. The second-order valence-electron chi connectivity index (χ2n) is 8.72. The number of carbonyl (C=O) groups is 1. The highest BCUT2D eigenvalue weighted by molar-refractivity contribution is 5.95. The lowest BCUT2D eigenvalue weighted by Gasteiger charge is -2.22. The Hall–Kier alpha value is -3.91. The summed E-state index contributed by atoms with van der Waals surface area (Å²) in [5, 5.41) is 0. The van der Waals surface area contributed by atoms with Crippen molar-refractivity contribution >= 4 is 12.0 Å². The van der Waals surface area contributed by atoms with E-state index in [-0.39, 0.29) is 17.8 Å². The van der Waals surface area contributed by atoms with E-state index >= 15 is 0 Å². The average molecular weight is 429 g/mol. The first-order valence-corrected chi connectivity index (χ1v) is 11.5. The fourth-order valence-corrected chi connectivity index (χ4v) is 5.40. The Bertz CT molecular complexity index is 1320. The van der Waals surface area contributed by atoms with E-state index in [1.165, 1.54) is 33.4 Å². The number of ether oxygens (including phenoxy) is 1. The van der Waals surface area contributed by atoms with Gasteiger partial charge in [0.15, 0.2) is 0 Å². The van der Waals surface area contributed by atoms with Crippen LogP contribution in [0.25, 0.3) is 17.2 Å². The molecule has 1 atom stereocenters. The van der Waals surface area contributed by atoms with Gasteiger partial charge in [-0.1, -0.05) is 103 Å². The quantitative estimate of drug-likeness (QED) is 0.320. The van der Waals surface area contributed by atoms with Gasteiger partial charge in [0.2, 0.25) is 0 Å². The summed E-state index contributed by atoms with van der Waals surface area (Å²) in [6.45, 7) is 0.378. The van der Waals surface area contributed by atoms with Gasteiger partial charge >= 0.3 is 5.97 Å². The number of carbonyl (C=O) groups excluding carboxylic acids is 1. The highest BCUT2D eigenvalue weighted by Crippen LogP contribution is 2.53. The van der Waals surface area contributed by atoms with Crippen LogP contribution in [0, 0.1) is 0 Å². The van der Waals surface area contributed by atoms with Crippen molar-refractivity contribution in [3.63, 3.8) is 0 Å². The lowest BCUT2D eigenvalue weighted by Crippen LogP contribution is -2.12. The van der Waals surface area contributed by atoms with Crippen molar-refractivity contribution in [1.82, 2.24) is 0 Å². The average Bonchev–Trinajstić information content (AvgIpc) is 3.43. The molecule has 0 spiro atoms. The largest absolute Gasteiger partial charge is 0.462 e. The monoisotopic (exact) mass is 428 g/mol. The lowest BCUT2D eigenvalue weighted by atomic mass is 9.81. The van der Waals surface area contributed by atoms with E-state index in [2.05, 4.69) is 78.9 Å². The van der Waals surface area contributed by atoms with Crippen LogP contribution in [-0.4, -0.2) is 12.6 Å². The first kappa shape index (κ1) is 19.8. The number of benzene rings is 4. The third-order valence-corrected chi connectivity index (χ3v) is 6.90. The molecular weight excluding hydrogens is 404 g/mol. The number of fused-ring (bicyclic) bond motifs is 4. The van der Waals surface area contributed by atoms with Crippen molar-refractivity contribution in [2.24, 2.45) is 0 Å². The Morgan fingerprint density at radius 3 is 2.06 bits per heavy atom. The Morgan fingerprint density at radius 1 is 0.697 bits per heavy atom. The zero-order chi connectivity index (χ0) is 22.2. The zero-order valence-corrected chi connectivity index (χ0v) is 18.3. The third-order valence-electron chi connectivity index (χ3n) is 6.90. The Labute approximate surface area is 194 Å². The molecule has 2 aliphatic carbocycles. The van der Waals surface area contributed by atoms with E-state index in [1.54, 1.807) is 0 Å². The minimum absolute atomic E-state index is 0.196. The molecule has 4 aromatic rings. The van der Waals surface area contributed by atoms with Gasteiger partial charge in [-0.3, -0.25) is 0 Å². The predicted molar refractivity (Wildman–Crippen MR) is 132 cm³/mol. The fraction of sp³-hybridized carbons (Fsp3) is 0.129. The summed E-state index contributed by atoms with van der Waals surface area (Å²) in [5.74, 6) is 0.196. The SMILES string of the molecule is O=C(OCCc1ccccc1)c1cccc2c1C=CC2C1c2ccccc2-c2ccccc21. The molecule has 2 nitrogen and oxygen atoms in total. The smallest absolute Gasteiger partial charge is 0.338 e. The van der Waals surface area contributed by atoms with Gasteiger partial charge in [-0.05, 0) is 45.0 Å². The topological polar surface area (TPSA) is 26.3 Å². The molecule has 2 aliphatic rings. The maximum absolute atomic E-state index is 13.0. The van der Waals surface area contributed by atoms with Crippen molar-refractivity contribution in [3.05, 3.63) is 137 Å². The molecule has 0 N–H and O–H groups in total. The summed E-state index contributed by atoms with van der Waals surface area (Å²) < 4.78 is 5.66. The van der Waals surface area contributed by atoms with Crippen molar-refractivity contribution in [1.29, 1.82) is 0 Å². The van der Waals surface area contributed by atoms with Crippen molar-refractivity contribution in [3.8, 4) is 11.1 Å². The summed E-state index contributed by atoms with van der Waals surface area (Å²) >= 11 is 0. The minimum atomic E-state index is -0.250. The molecule has 6 rings (SSSR count). The highest BCUT2D eigenvalue weighted by atomic mass is 16.5. The number of allylic oxidation sites excluding steroid dienone is 1. The molecule has 0 saturated carbocycles. The number of hydrogen-bond donors (Lipinski definition) is 0. The first-order chi connectivity index (χ1) is 16.3. The van der Waals surface area contributed by atoms with Gasteiger partial charge < -0.3 is 4.74 Å². The van der Waals surface area contributed by atoms with Crippen molar-refractivity contribution in [2.45, 2.75) is 18.3 Å². The van der Waals surface area contributed by atoms with Crippen LogP contribution in [0.5, 0.6) is 0 Å². The first-order valence-electron chi connectivity index (χ1n) is 11.5. The summed E-state index contributed by atoms with van der Waals surface area (Å²) in [6, 6.07) is 33.5. The van der Waals surface area contributed by atoms with Gasteiger partial charge in [0.25, 0.3) is 0 Å². The van der Waals surface area contributed by atoms with Crippen LogP contribution in [0.1, 0.15) is 50.0 Å². The lowest BCUT2D eigenvalue weighted by molar-refractivity contribution is 0.0509. The van der Waals surface area contributed by atoms with Crippen molar-refractivity contribution in [2.75, 3.05) is 6.61 Å². The number of rotatable bonds is 5. The third kappa shape index (κ3) is 3.39. The van der Waals surface area contributed by atoms with Crippen LogP contribution >= 0.6 is 0 Å². The van der Waals surface area contributed by atoms with Crippen LogP contribution in [0.2, 0.25) is 0 Å². The minimum Gasteiger partial charge on any atom is -0.462 e. The molecule has 2 heteroatoms. The van der Waals surface area contributed by atoms with Crippen LogP contribution in [-0.2, 0) is 11.2 Å². The van der Waals surface area contributed by atoms with Gasteiger partial charge in [-0.2, -0.15) is 0 Å². The summed E-state index contributed by atoms with van der Waals surface area (Å²) in [5.41, 5.74) is 9.36. The standard InChI is InChI=1S/C31H24O2/c32-31(33-20-19-21-9-2-1-3-10-21)29-16-8-15-24-25(29)17-18-28(24)30-26-13-6-4-11-22(26)23-12-5-7-14-27(23)30/h1-18,28,30H,19-20H2. The molecule has 0 aliphatic heterocycles. The molecule has 160 valence electrons. The van der Waals surface area contributed by atoms with Gasteiger partial charge in [0.1, 0.15) is 0 Å². The summed E-state index contributed by atoms with van der Waals surface area (Å²) in [6.07, 6.45) is 5.09. The van der Waals surface area contributed by atoms with E-state index in [4.69, 9.17) is 4.74 Å². The van der Waals surface area contributed by atoms with Gasteiger partial charge in [0.05, 0.1) is 12.2 Å². The molecule has 0 saturated heterocycles. The second kappa shape index (κ2) is 8.22. The van der Waals surface area contributed by atoms with E-state index in [1.807, 2.05) is 30.3 Å². The van der Waals surface area contributed by atoms with Crippen molar-refractivity contribution < 1.29 is 9.53 Å². The summed E-state index contributed by atoms with van der Waals surface area (Å²) in [4.78, 5) is 13.0. The van der Waals surface area contributed by atoms with E-state index in [0.29, 0.717) is 12.2 Å². The molecule has 4 aromatic carbocycles. The van der Waals surface area contributed by atoms with Gasteiger partial charge in [0, 0.05) is 18.3 Å². The van der Waals surface area contributed by atoms with E-state index < -0.39 is 0 Å². The van der Waals surface area contributed by atoms with Crippen LogP contribution < -0.4 is 0 Å². The fourth-order valence-electron chi connectivity index (χ4n) is 5.40. The number of hydrogen-bond acceptors (Lipinski definition) is 2. The van der Waals surface area contributed by atoms with Gasteiger partial charge in [-0.15, -0.1) is 0 Å². The molecule has 0 bridgehead atoms. The van der Waals surface area contributed by atoms with Crippen LogP contribution in [0.4, 0.5) is 0 Å². The molecule has 0 radical (unpaired) electrons. The molecular formula is C31H24O2. The second-order valence-corrected chi connectivity index (χ2v) is 8.72. The molecule has 0 fully saturated rings. The Balaban J connectivity index is 1.29.